The fourth-order valence-electron chi connectivity index (χ4n) is 3.09. The lowest BCUT2D eigenvalue weighted by molar-refractivity contribution is -0.0452. The van der Waals surface area contributed by atoms with Gasteiger partial charge in [0.2, 0.25) is 0 Å². The average molecular weight is 284 g/mol. The number of anilines is 1. The molecule has 0 atom stereocenters. The standard InChI is InChI=1S/C16H21BN2O2/c1-15(2,3)21-14(20)19-10-16(11-19)8-18(9-16)13-6-4-5-12(17)7-13/h4-7H,8-11H2,1-3H3. The molecule has 0 unspecified atom stereocenters. The molecule has 1 aromatic carbocycles. The van der Waals surface area contributed by atoms with Gasteiger partial charge in [-0.05, 0) is 32.9 Å². The van der Waals surface area contributed by atoms with Gasteiger partial charge in [0.05, 0.1) is 0 Å². The highest BCUT2D eigenvalue weighted by atomic mass is 16.6. The van der Waals surface area contributed by atoms with E-state index < -0.39 is 5.60 Å². The lowest BCUT2D eigenvalue weighted by atomic mass is 9.72. The minimum absolute atomic E-state index is 0.199. The van der Waals surface area contributed by atoms with Crippen LogP contribution in [0.4, 0.5) is 10.5 Å². The first-order valence-electron chi connectivity index (χ1n) is 7.35. The fraction of sp³-hybridized carbons (Fsp3) is 0.562. The molecule has 1 amide bonds. The lowest BCUT2D eigenvalue weighted by Crippen LogP contribution is -2.73. The summed E-state index contributed by atoms with van der Waals surface area (Å²) >= 11 is 0. The molecular formula is C16H21BN2O2. The van der Waals surface area contributed by atoms with Gasteiger partial charge in [-0.25, -0.2) is 4.79 Å². The number of nitrogens with zero attached hydrogens (tertiary/aromatic N) is 2. The van der Waals surface area contributed by atoms with Gasteiger partial charge in [-0.1, -0.05) is 17.6 Å². The first kappa shape index (κ1) is 14.3. The summed E-state index contributed by atoms with van der Waals surface area (Å²) in [5, 5.41) is 0. The number of benzene rings is 1. The van der Waals surface area contributed by atoms with Crippen molar-refractivity contribution in [3.05, 3.63) is 24.3 Å². The molecule has 2 aliphatic heterocycles. The zero-order valence-corrected chi connectivity index (χ0v) is 12.9. The topological polar surface area (TPSA) is 32.8 Å². The minimum atomic E-state index is -0.424. The molecule has 1 spiro atoms. The Labute approximate surface area is 127 Å². The van der Waals surface area contributed by atoms with Crippen molar-refractivity contribution in [2.75, 3.05) is 31.1 Å². The quantitative estimate of drug-likeness (QED) is 0.733. The highest BCUT2D eigenvalue weighted by Gasteiger charge is 2.54. The van der Waals surface area contributed by atoms with E-state index in [-0.39, 0.29) is 11.5 Å². The average Bonchev–Trinajstić information content (AvgIpc) is 2.22. The van der Waals surface area contributed by atoms with Crippen LogP contribution in [0.1, 0.15) is 20.8 Å². The Hall–Kier alpha value is -1.65. The highest BCUT2D eigenvalue weighted by molar-refractivity contribution is 6.32. The molecule has 21 heavy (non-hydrogen) atoms. The van der Waals surface area contributed by atoms with Gasteiger partial charge in [-0.15, -0.1) is 0 Å². The molecule has 0 aromatic heterocycles. The molecule has 110 valence electrons. The van der Waals surface area contributed by atoms with Gasteiger partial charge in [0.15, 0.2) is 0 Å². The summed E-state index contributed by atoms with van der Waals surface area (Å²) in [6.45, 7) is 9.23. The molecule has 2 saturated heterocycles. The third-order valence-corrected chi connectivity index (χ3v) is 3.99. The van der Waals surface area contributed by atoms with Crippen LogP contribution in [-0.4, -0.2) is 50.6 Å². The van der Waals surface area contributed by atoms with E-state index in [0.29, 0.717) is 0 Å². The van der Waals surface area contributed by atoms with E-state index in [9.17, 15) is 4.79 Å². The van der Waals surface area contributed by atoms with Crippen molar-refractivity contribution in [2.45, 2.75) is 26.4 Å². The van der Waals surface area contributed by atoms with Crippen molar-refractivity contribution in [3.63, 3.8) is 0 Å². The minimum Gasteiger partial charge on any atom is -0.444 e. The van der Waals surface area contributed by atoms with Crippen LogP contribution >= 0.6 is 0 Å². The summed E-state index contributed by atoms with van der Waals surface area (Å²) in [5.74, 6) is 0. The van der Waals surface area contributed by atoms with Crippen molar-refractivity contribution in [2.24, 2.45) is 5.41 Å². The monoisotopic (exact) mass is 284 g/mol. The largest absolute Gasteiger partial charge is 0.444 e. The third kappa shape index (κ3) is 2.87. The summed E-state index contributed by atoms with van der Waals surface area (Å²) in [7, 11) is 5.81. The zero-order valence-electron chi connectivity index (χ0n) is 12.9. The summed E-state index contributed by atoms with van der Waals surface area (Å²) in [4.78, 5) is 16.0. The van der Waals surface area contributed by atoms with Crippen molar-refractivity contribution in [1.82, 2.24) is 4.90 Å². The Kier molecular flexibility index (Phi) is 3.19. The van der Waals surface area contributed by atoms with Crippen LogP contribution in [0, 0.1) is 5.41 Å². The zero-order chi connectivity index (χ0) is 15.3. The highest BCUT2D eigenvalue weighted by Crippen LogP contribution is 2.42. The predicted octanol–water partition coefficient (Wildman–Crippen LogP) is 1.54. The molecule has 2 heterocycles. The second-order valence-electron chi connectivity index (χ2n) is 7.29. The molecule has 3 rings (SSSR count). The summed E-state index contributed by atoms with van der Waals surface area (Å²) < 4.78 is 5.39. The van der Waals surface area contributed by atoms with Crippen molar-refractivity contribution in [1.29, 1.82) is 0 Å². The van der Waals surface area contributed by atoms with Gasteiger partial charge in [-0.3, -0.25) is 0 Å². The second-order valence-corrected chi connectivity index (χ2v) is 7.29. The van der Waals surface area contributed by atoms with Crippen LogP contribution in [-0.2, 0) is 4.74 Å². The van der Waals surface area contributed by atoms with Gasteiger partial charge in [0.25, 0.3) is 0 Å². The molecule has 5 heteroatoms. The van der Waals surface area contributed by atoms with Crippen LogP contribution in [0.15, 0.2) is 24.3 Å². The predicted molar refractivity (Wildman–Crippen MR) is 84.3 cm³/mol. The molecule has 0 bridgehead atoms. The van der Waals surface area contributed by atoms with Crippen LogP contribution < -0.4 is 10.4 Å². The lowest BCUT2D eigenvalue weighted by Gasteiger charge is -2.60. The number of hydrogen-bond donors (Lipinski definition) is 0. The van der Waals surface area contributed by atoms with E-state index in [1.54, 1.807) is 4.90 Å². The second kappa shape index (κ2) is 4.68. The van der Waals surface area contributed by atoms with E-state index >= 15 is 0 Å². The van der Waals surface area contributed by atoms with Crippen LogP contribution in [0.25, 0.3) is 0 Å². The van der Waals surface area contributed by atoms with Gasteiger partial charge in [-0.2, -0.15) is 0 Å². The first-order chi connectivity index (χ1) is 9.76. The molecule has 0 saturated carbocycles. The summed E-state index contributed by atoms with van der Waals surface area (Å²) in [6.07, 6.45) is -0.199. The normalized spacial score (nSPS) is 20.0. The molecule has 2 aliphatic rings. The van der Waals surface area contributed by atoms with Gasteiger partial charge < -0.3 is 14.5 Å². The Morgan fingerprint density at radius 2 is 1.90 bits per heavy atom. The van der Waals surface area contributed by atoms with Crippen LogP contribution in [0.3, 0.4) is 0 Å². The number of ether oxygens (including phenoxy) is 1. The Morgan fingerprint density at radius 1 is 1.24 bits per heavy atom. The first-order valence-corrected chi connectivity index (χ1v) is 7.35. The Balaban J connectivity index is 1.51. The maximum atomic E-state index is 11.9. The van der Waals surface area contributed by atoms with Gasteiger partial charge in [0, 0.05) is 37.3 Å². The van der Waals surface area contributed by atoms with Crippen LogP contribution in [0.2, 0.25) is 0 Å². The molecule has 2 fully saturated rings. The Bertz CT molecular complexity index is 554. The van der Waals surface area contributed by atoms with E-state index in [1.807, 2.05) is 39.0 Å². The summed E-state index contributed by atoms with van der Waals surface area (Å²) in [5.41, 5.74) is 1.78. The maximum absolute atomic E-state index is 11.9. The number of hydrogen-bond acceptors (Lipinski definition) is 3. The molecule has 2 radical (unpaired) electrons. The molecule has 1 aromatic rings. The van der Waals surface area contributed by atoms with Crippen LogP contribution in [0.5, 0.6) is 0 Å². The SMILES string of the molecule is [B]c1cccc(N2CC3(CN(C(=O)OC(C)(C)C)C3)C2)c1. The van der Waals surface area contributed by atoms with Crippen molar-refractivity contribution >= 4 is 25.1 Å². The number of amides is 1. The third-order valence-electron chi connectivity index (χ3n) is 3.99. The summed E-state index contributed by atoms with van der Waals surface area (Å²) in [6, 6.07) is 7.95. The van der Waals surface area contributed by atoms with E-state index in [1.165, 1.54) is 0 Å². The Morgan fingerprint density at radius 3 is 2.48 bits per heavy atom. The maximum Gasteiger partial charge on any atom is 0.410 e. The molecule has 0 aliphatic carbocycles. The number of rotatable bonds is 1. The number of likely N-dealkylation sites (tertiary alicyclic amines) is 1. The molecular weight excluding hydrogens is 263 g/mol. The fourth-order valence-corrected chi connectivity index (χ4v) is 3.09. The van der Waals surface area contributed by atoms with Gasteiger partial charge >= 0.3 is 6.09 Å². The molecule has 4 nitrogen and oxygen atoms in total. The number of carbonyl (C=O) groups is 1. The van der Waals surface area contributed by atoms with Crippen molar-refractivity contribution in [3.8, 4) is 0 Å². The van der Waals surface area contributed by atoms with E-state index in [0.717, 1.165) is 37.3 Å². The number of carbonyl (C=O) groups excluding carboxylic acids is 1. The smallest absolute Gasteiger partial charge is 0.410 e. The van der Waals surface area contributed by atoms with E-state index in [4.69, 9.17) is 12.6 Å². The van der Waals surface area contributed by atoms with Gasteiger partial charge in [0.1, 0.15) is 13.4 Å². The van der Waals surface area contributed by atoms with Crippen molar-refractivity contribution < 1.29 is 9.53 Å². The van der Waals surface area contributed by atoms with E-state index in [2.05, 4.69) is 11.0 Å². The molecule has 0 N–H and O–H groups in total.